The molecule has 0 spiro atoms. The Bertz CT molecular complexity index is 1220. The molecule has 0 radical (unpaired) electrons. The van der Waals surface area contributed by atoms with Crippen LogP contribution in [0.4, 0.5) is 0 Å². The number of carbonyl (C=O) groups excluding carboxylic acids is 2. The van der Waals surface area contributed by atoms with Crippen molar-refractivity contribution in [2.45, 2.75) is 44.4 Å². The molecule has 1 aliphatic rings. The Morgan fingerprint density at radius 2 is 1.44 bits per heavy atom. The van der Waals surface area contributed by atoms with Crippen molar-refractivity contribution in [1.82, 2.24) is 25.0 Å². The summed E-state index contributed by atoms with van der Waals surface area (Å²) < 4.78 is 0. The summed E-state index contributed by atoms with van der Waals surface area (Å²) >= 11 is 0. The maximum absolute atomic E-state index is 12.8. The molecule has 0 unspecified atom stereocenters. The van der Waals surface area contributed by atoms with Crippen LogP contribution in [0.3, 0.4) is 0 Å². The summed E-state index contributed by atoms with van der Waals surface area (Å²) in [6.07, 6.45) is 2.04. The Morgan fingerprint density at radius 3 is 1.83 bits per heavy atom. The third-order valence-electron chi connectivity index (χ3n) is 7.05. The lowest BCUT2D eigenvalue weighted by Gasteiger charge is -2.34. The highest BCUT2D eigenvalue weighted by Crippen LogP contribution is 2.46. The topological polar surface area (TPSA) is 108 Å². The molecule has 8 heteroatoms. The highest BCUT2D eigenvalue weighted by molar-refractivity contribution is 5.95. The van der Waals surface area contributed by atoms with Crippen LogP contribution in [0.5, 0.6) is 0 Å². The molecule has 1 aliphatic carbocycles. The lowest BCUT2D eigenvalue weighted by molar-refractivity contribution is 0.0820. The van der Waals surface area contributed by atoms with Gasteiger partial charge in [-0.25, -0.2) is 4.98 Å². The molecule has 1 heterocycles. The van der Waals surface area contributed by atoms with E-state index in [0.717, 1.165) is 40.9 Å². The zero-order valence-corrected chi connectivity index (χ0v) is 22.1. The third kappa shape index (κ3) is 4.30. The molecule has 190 valence electrons. The number of fused-ring (bicyclic) bond motifs is 2. The monoisotopic (exact) mass is 488 g/mol. The average molecular weight is 489 g/mol. The van der Waals surface area contributed by atoms with Crippen LogP contribution < -0.4 is 5.73 Å². The minimum absolute atomic E-state index is 0.0390. The van der Waals surface area contributed by atoms with Crippen molar-refractivity contribution < 1.29 is 9.59 Å². The molecule has 0 aliphatic heterocycles. The number of aromatic nitrogens is 3. The second-order valence-electron chi connectivity index (χ2n) is 10.3. The molecule has 36 heavy (non-hydrogen) atoms. The number of aryl methyl sites for hydroxylation is 2. The van der Waals surface area contributed by atoms with Gasteiger partial charge in [0.2, 0.25) is 0 Å². The Balaban J connectivity index is 2.01. The Kier molecular flexibility index (Phi) is 7.00. The molecular formula is C28H36N6O2. The van der Waals surface area contributed by atoms with Gasteiger partial charge >= 0.3 is 0 Å². The number of aromatic amines is 1. The predicted octanol–water partition coefficient (Wildman–Crippen LogP) is 3.11. The second-order valence-corrected chi connectivity index (χ2v) is 10.3. The van der Waals surface area contributed by atoms with Gasteiger partial charge in [0.25, 0.3) is 11.8 Å². The van der Waals surface area contributed by atoms with Gasteiger partial charge in [-0.05, 0) is 72.3 Å². The molecule has 0 saturated carbocycles. The van der Waals surface area contributed by atoms with Crippen molar-refractivity contribution in [2.24, 2.45) is 5.73 Å². The number of amides is 2. The molecule has 0 saturated heterocycles. The van der Waals surface area contributed by atoms with Crippen LogP contribution in [0, 0.1) is 0 Å². The fraction of sp³-hybridized carbons (Fsp3) is 0.429. The van der Waals surface area contributed by atoms with E-state index in [-0.39, 0.29) is 17.7 Å². The number of benzene rings is 2. The van der Waals surface area contributed by atoms with Crippen LogP contribution in [-0.2, 0) is 18.3 Å². The van der Waals surface area contributed by atoms with Crippen LogP contribution in [0.15, 0.2) is 36.4 Å². The van der Waals surface area contributed by atoms with Crippen molar-refractivity contribution in [3.8, 4) is 0 Å². The van der Waals surface area contributed by atoms with Gasteiger partial charge in [-0.15, -0.1) is 0 Å². The predicted molar refractivity (Wildman–Crippen MR) is 140 cm³/mol. The van der Waals surface area contributed by atoms with E-state index in [1.54, 1.807) is 38.0 Å². The van der Waals surface area contributed by atoms with E-state index in [2.05, 4.69) is 18.9 Å². The number of hydrogen-bond donors (Lipinski definition) is 2. The van der Waals surface area contributed by atoms with E-state index in [9.17, 15) is 9.59 Å². The quantitative estimate of drug-likeness (QED) is 0.554. The average Bonchev–Trinajstić information content (AvgIpc) is 3.31. The standard InChI is InChI=1S/C28H36N6O2/c1-17(2)24-30-27(32-31-24)28(13-14-29)22-11-9-20(25(35)33(3)4)15-18(22)7-8-19-16-21(10-12-23(19)28)26(36)34(5)6/h9-12,15-17H,7-8,13-14,29H2,1-6H3,(H,30,31,32). The van der Waals surface area contributed by atoms with E-state index in [0.29, 0.717) is 29.9 Å². The molecular weight excluding hydrogens is 452 g/mol. The number of nitrogens with two attached hydrogens (primary N) is 1. The maximum Gasteiger partial charge on any atom is 0.253 e. The first-order valence-electron chi connectivity index (χ1n) is 12.4. The lowest BCUT2D eigenvalue weighted by atomic mass is 9.69. The summed E-state index contributed by atoms with van der Waals surface area (Å²) in [7, 11) is 7.03. The van der Waals surface area contributed by atoms with E-state index in [1.807, 2.05) is 36.4 Å². The van der Waals surface area contributed by atoms with Gasteiger partial charge in [0, 0.05) is 45.2 Å². The van der Waals surface area contributed by atoms with E-state index in [4.69, 9.17) is 15.8 Å². The van der Waals surface area contributed by atoms with Crippen LogP contribution >= 0.6 is 0 Å². The first-order valence-corrected chi connectivity index (χ1v) is 12.4. The number of carbonyl (C=O) groups is 2. The number of rotatable bonds is 6. The maximum atomic E-state index is 12.8. The summed E-state index contributed by atoms with van der Waals surface area (Å²) in [6.45, 7) is 4.57. The van der Waals surface area contributed by atoms with Gasteiger partial charge in [0.15, 0.2) is 5.82 Å². The Morgan fingerprint density at radius 1 is 0.944 bits per heavy atom. The number of nitrogens with zero attached hydrogens (tertiary/aromatic N) is 4. The van der Waals surface area contributed by atoms with Crippen molar-refractivity contribution in [2.75, 3.05) is 34.7 Å². The van der Waals surface area contributed by atoms with Crippen LogP contribution in [0.25, 0.3) is 0 Å². The SMILES string of the molecule is CC(C)c1nc(C2(CCN)c3ccc(C(=O)N(C)C)cc3CCc3cc(C(=O)N(C)C)ccc32)n[nH]1. The van der Waals surface area contributed by atoms with Crippen molar-refractivity contribution in [3.05, 3.63) is 81.4 Å². The molecule has 8 nitrogen and oxygen atoms in total. The minimum atomic E-state index is -0.709. The minimum Gasteiger partial charge on any atom is -0.345 e. The van der Waals surface area contributed by atoms with Gasteiger partial charge < -0.3 is 15.5 Å². The van der Waals surface area contributed by atoms with E-state index in [1.165, 1.54) is 0 Å². The van der Waals surface area contributed by atoms with Gasteiger partial charge in [0.05, 0.1) is 5.41 Å². The Hall–Kier alpha value is -3.52. The summed E-state index contributed by atoms with van der Waals surface area (Å²) in [6, 6.07) is 11.9. The zero-order valence-electron chi connectivity index (χ0n) is 22.1. The summed E-state index contributed by atoms with van der Waals surface area (Å²) in [5.41, 5.74) is 11.1. The van der Waals surface area contributed by atoms with E-state index >= 15 is 0 Å². The molecule has 2 amide bonds. The molecule has 2 aromatic carbocycles. The van der Waals surface area contributed by atoms with Crippen LogP contribution in [-0.4, -0.2) is 71.5 Å². The molecule has 3 N–H and O–H groups in total. The van der Waals surface area contributed by atoms with Crippen molar-refractivity contribution in [3.63, 3.8) is 0 Å². The first kappa shape index (κ1) is 25.6. The number of hydrogen-bond acceptors (Lipinski definition) is 5. The van der Waals surface area contributed by atoms with E-state index < -0.39 is 5.41 Å². The van der Waals surface area contributed by atoms with Gasteiger partial charge in [-0.3, -0.25) is 14.7 Å². The number of nitrogens with one attached hydrogen (secondary N) is 1. The van der Waals surface area contributed by atoms with Gasteiger partial charge in [-0.1, -0.05) is 26.0 Å². The highest BCUT2D eigenvalue weighted by Gasteiger charge is 2.44. The zero-order chi connectivity index (χ0) is 26.2. The smallest absolute Gasteiger partial charge is 0.253 e. The lowest BCUT2D eigenvalue weighted by Crippen LogP contribution is -2.35. The van der Waals surface area contributed by atoms with Crippen LogP contribution in [0.2, 0.25) is 0 Å². The molecule has 0 fully saturated rings. The molecule has 4 rings (SSSR count). The van der Waals surface area contributed by atoms with Crippen molar-refractivity contribution >= 4 is 11.8 Å². The fourth-order valence-electron chi connectivity index (χ4n) is 5.19. The van der Waals surface area contributed by atoms with Crippen LogP contribution in [0.1, 0.15) is 80.8 Å². The van der Waals surface area contributed by atoms with Crippen molar-refractivity contribution in [1.29, 1.82) is 0 Å². The summed E-state index contributed by atoms with van der Waals surface area (Å²) in [5, 5.41) is 7.85. The Labute approximate surface area is 212 Å². The van der Waals surface area contributed by atoms with Gasteiger partial charge in [0.1, 0.15) is 5.82 Å². The molecule has 0 atom stereocenters. The number of H-pyrrole nitrogens is 1. The van der Waals surface area contributed by atoms with Gasteiger partial charge in [-0.2, -0.15) is 5.10 Å². The summed E-state index contributed by atoms with van der Waals surface area (Å²) in [5.74, 6) is 1.59. The first-order chi connectivity index (χ1) is 17.1. The normalized spacial score (nSPS) is 14.1. The molecule has 3 aromatic rings. The second kappa shape index (κ2) is 9.85. The molecule has 0 bridgehead atoms. The third-order valence-corrected chi connectivity index (χ3v) is 7.05. The highest BCUT2D eigenvalue weighted by atomic mass is 16.2. The summed E-state index contributed by atoms with van der Waals surface area (Å²) in [4.78, 5) is 33.7. The molecule has 1 aromatic heterocycles. The largest absolute Gasteiger partial charge is 0.345 e. The fourth-order valence-corrected chi connectivity index (χ4v) is 5.19.